The van der Waals surface area contributed by atoms with Crippen LogP contribution in [0.5, 0.6) is 0 Å². The summed E-state index contributed by atoms with van der Waals surface area (Å²) in [6.45, 7) is 2.63. The first-order valence-electron chi connectivity index (χ1n) is 11.0. The monoisotopic (exact) mass is 503 g/mol. The predicted octanol–water partition coefficient (Wildman–Crippen LogP) is 4.76. The zero-order chi connectivity index (χ0) is 22.7. The molecule has 0 bridgehead atoms. The number of H-pyrrole nitrogens is 1. The fraction of sp³-hybridized carbons (Fsp3) is 0.231. The number of piperazine rings is 1. The first-order chi connectivity index (χ1) is 16.0. The molecule has 33 heavy (non-hydrogen) atoms. The van der Waals surface area contributed by atoms with Gasteiger partial charge in [-0.1, -0.05) is 46.3 Å². The topological polar surface area (TPSA) is 69.6 Å². The molecular weight excluding hydrogens is 482 g/mol. The van der Waals surface area contributed by atoms with Gasteiger partial charge in [0.1, 0.15) is 12.3 Å². The molecule has 166 valence electrons. The number of amides is 2. The van der Waals surface area contributed by atoms with Crippen LogP contribution in [0.25, 0.3) is 10.9 Å². The van der Waals surface area contributed by atoms with Gasteiger partial charge in [0.15, 0.2) is 5.54 Å². The van der Waals surface area contributed by atoms with Gasteiger partial charge in [-0.15, -0.1) is 0 Å². The highest BCUT2D eigenvalue weighted by Gasteiger charge is 2.56. The highest BCUT2D eigenvalue weighted by atomic mass is 79.9. The molecule has 0 radical (unpaired) electrons. The van der Waals surface area contributed by atoms with Crippen molar-refractivity contribution in [3.8, 4) is 0 Å². The molecule has 2 aromatic heterocycles. The van der Waals surface area contributed by atoms with Gasteiger partial charge in [0.05, 0.1) is 18.5 Å². The third-order valence-corrected chi connectivity index (χ3v) is 7.55. The second-order valence-corrected chi connectivity index (χ2v) is 9.80. The molecule has 1 saturated heterocycles. The lowest BCUT2D eigenvalue weighted by atomic mass is 9.76. The Labute approximate surface area is 199 Å². The largest absolute Gasteiger partial charge is 0.467 e. The molecule has 1 N–H and O–H groups in total. The number of fused-ring (bicyclic) bond motifs is 5. The van der Waals surface area contributed by atoms with Gasteiger partial charge in [-0.2, -0.15) is 0 Å². The molecule has 2 aliphatic heterocycles. The number of nitrogens with one attached hydrogen (secondary N) is 1. The number of aromatic amines is 1. The Kier molecular flexibility index (Phi) is 4.52. The molecule has 2 aliphatic rings. The number of carbonyl (C=O) groups excluding carboxylic acids is 2. The lowest BCUT2D eigenvalue weighted by Crippen LogP contribution is -2.67. The number of para-hydroxylation sites is 1. The van der Waals surface area contributed by atoms with E-state index in [1.165, 1.54) is 0 Å². The lowest BCUT2D eigenvalue weighted by Gasteiger charge is -2.51. The summed E-state index contributed by atoms with van der Waals surface area (Å²) in [7, 11) is 0. The van der Waals surface area contributed by atoms with Gasteiger partial charge in [-0.25, -0.2) is 0 Å². The van der Waals surface area contributed by atoms with E-state index in [9.17, 15) is 9.59 Å². The summed E-state index contributed by atoms with van der Waals surface area (Å²) >= 11 is 3.52. The first-order valence-corrected chi connectivity index (χ1v) is 11.7. The Morgan fingerprint density at radius 3 is 2.64 bits per heavy atom. The Morgan fingerprint density at radius 2 is 1.88 bits per heavy atom. The number of nitrogens with zero attached hydrogens (tertiary/aromatic N) is 2. The van der Waals surface area contributed by atoms with E-state index in [1.54, 1.807) is 22.1 Å². The summed E-state index contributed by atoms with van der Waals surface area (Å²) in [5.74, 6) is 0.468. The zero-order valence-electron chi connectivity index (χ0n) is 18.0. The van der Waals surface area contributed by atoms with Crippen molar-refractivity contribution in [1.82, 2.24) is 14.8 Å². The van der Waals surface area contributed by atoms with Gasteiger partial charge in [0, 0.05) is 27.8 Å². The van der Waals surface area contributed by atoms with Crippen molar-refractivity contribution in [1.29, 1.82) is 0 Å². The molecule has 7 heteroatoms. The van der Waals surface area contributed by atoms with E-state index >= 15 is 0 Å². The molecule has 6 nitrogen and oxygen atoms in total. The molecule has 6 rings (SSSR count). The van der Waals surface area contributed by atoms with Crippen LogP contribution in [-0.2, 0) is 21.7 Å². The summed E-state index contributed by atoms with van der Waals surface area (Å²) < 4.78 is 6.46. The van der Waals surface area contributed by atoms with Crippen LogP contribution in [0.4, 0.5) is 0 Å². The number of aromatic nitrogens is 1. The lowest BCUT2D eigenvalue weighted by molar-refractivity contribution is -0.167. The molecule has 2 aromatic carbocycles. The van der Waals surface area contributed by atoms with Crippen molar-refractivity contribution in [2.24, 2.45) is 0 Å². The standard InChI is InChI=1S/C26H22BrN3O3/c1-26-24-23(19-6-2-3-7-21(19)28-24)20(16-8-10-17(27)11-9-16)14-30(26)22(31)15-29(25(26)32)13-18-5-4-12-33-18/h2-12,20,28H,13-15H2,1H3. The van der Waals surface area contributed by atoms with Crippen molar-refractivity contribution < 1.29 is 14.0 Å². The first kappa shape index (κ1) is 20.3. The Hall–Kier alpha value is -3.32. The van der Waals surface area contributed by atoms with Crippen LogP contribution < -0.4 is 0 Å². The normalized spacial score (nSPS) is 22.5. The SMILES string of the molecule is CC12C(=O)N(Cc3ccco3)CC(=O)N1CC(c1ccc(Br)cc1)c1c2[nH]c2ccccc12. The summed E-state index contributed by atoms with van der Waals surface area (Å²) in [6.07, 6.45) is 1.58. The molecule has 4 heterocycles. The van der Waals surface area contributed by atoms with Crippen molar-refractivity contribution in [3.63, 3.8) is 0 Å². The maximum atomic E-state index is 13.9. The highest BCUT2D eigenvalue weighted by molar-refractivity contribution is 9.10. The van der Waals surface area contributed by atoms with E-state index in [4.69, 9.17) is 4.42 Å². The average Bonchev–Trinajstić information content (AvgIpc) is 3.47. The minimum Gasteiger partial charge on any atom is -0.467 e. The quantitative estimate of drug-likeness (QED) is 0.438. The van der Waals surface area contributed by atoms with Crippen LogP contribution in [0, 0.1) is 0 Å². The fourth-order valence-corrected chi connectivity index (χ4v) is 5.65. The van der Waals surface area contributed by atoms with E-state index in [0.29, 0.717) is 12.3 Å². The summed E-state index contributed by atoms with van der Waals surface area (Å²) in [5, 5.41) is 1.09. The number of halogens is 1. The van der Waals surface area contributed by atoms with Crippen LogP contribution in [0.2, 0.25) is 0 Å². The fourth-order valence-electron chi connectivity index (χ4n) is 5.39. The number of furan rings is 1. The van der Waals surface area contributed by atoms with Gasteiger partial charge in [-0.3, -0.25) is 9.59 Å². The molecular formula is C26H22BrN3O3. The summed E-state index contributed by atoms with van der Waals surface area (Å²) in [6, 6.07) is 19.9. The molecule has 0 spiro atoms. The van der Waals surface area contributed by atoms with Crippen LogP contribution in [0.3, 0.4) is 0 Å². The third kappa shape index (κ3) is 2.99. The molecule has 4 aromatic rings. The number of rotatable bonds is 3. The van der Waals surface area contributed by atoms with Crippen molar-refractivity contribution in [3.05, 3.63) is 94.0 Å². The minimum atomic E-state index is -1.11. The van der Waals surface area contributed by atoms with E-state index in [-0.39, 0.29) is 30.8 Å². The van der Waals surface area contributed by atoms with Crippen molar-refractivity contribution in [2.75, 3.05) is 13.1 Å². The van der Waals surface area contributed by atoms with Crippen molar-refractivity contribution >= 4 is 38.6 Å². The number of carbonyl (C=O) groups is 2. The minimum absolute atomic E-state index is 0.0364. The van der Waals surface area contributed by atoms with Gasteiger partial charge in [0.25, 0.3) is 5.91 Å². The van der Waals surface area contributed by atoms with Crippen molar-refractivity contribution in [2.45, 2.75) is 24.9 Å². The van der Waals surface area contributed by atoms with Gasteiger partial charge < -0.3 is 19.2 Å². The number of benzene rings is 2. The summed E-state index contributed by atoms with van der Waals surface area (Å²) in [4.78, 5) is 34.3. The van der Waals surface area contributed by atoms with Crippen LogP contribution in [-0.4, -0.2) is 39.7 Å². The Balaban J connectivity index is 1.53. The maximum absolute atomic E-state index is 13.9. The van der Waals surface area contributed by atoms with Gasteiger partial charge in [0.2, 0.25) is 5.91 Å². The molecule has 0 aliphatic carbocycles. The van der Waals surface area contributed by atoms with E-state index in [0.717, 1.165) is 32.2 Å². The number of hydrogen-bond acceptors (Lipinski definition) is 3. The van der Waals surface area contributed by atoms with E-state index < -0.39 is 5.54 Å². The molecule has 2 atom stereocenters. The van der Waals surface area contributed by atoms with Gasteiger partial charge in [-0.05, 0) is 48.4 Å². The van der Waals surface area contributed by atoms with Crippen LogP contribution in [0.15, 0.2) is 75.8 Å². The average molecular weight is 504 g/mol. The Morgan fingerprint density at radius 1 is 1.09 bits per heavy atom. The van der Waals surface area contributed by atoms with Gasteiger partial charge >= 0.3 is 0 Å². The maximum Gasteiger partial charge on any atom is 0.255 e. The van der Waals surface area contributed by atoms with E-state index in [1.807, 2.05) is 43.3 Å². The molecule has 2 amide bonds. The van der Waals surface area contributed by atoms with Crippen LogP contribution >= 0.6 is 15.9 Å². The van der Waals surface area contributed by atoms with Crippen LogP contribution in [0.1, 0.15) is 35.4 Å². The molecule has 1 fully saturated rings. The third-order valence-electron chi connectivity index (χ3n) is 7.02. The zero-order valence-corrected chi connectivity index (χ0v) is 19.6. The Bertz CT molecular complexity index is 1380. The second kappa shape index (κ2) is 7.35. The number of hydrogen-bond donors (Lipinski definition) is 1. The smallest absolute Gasteiger partial charge is 0.255 e. The molecule has 0 saturated carbocycles. The van der Waals surface area contributed by atoms with E-state index in [2.05, 4.69) is 39.1 Å². The summed E-state index contributed by atoms with van der Waals surface area (Å²) in [5.41, 5.74) is 2.86. The highest BCUT2D eigenvalue weighted by Crippen LogP contribution is 2.48. The molecule has 2 unspecified atom stereocenters. The second-order valence-electron chi connectivity index (χ2n) is 8.88. The predicted molar refractivity (Wildman–Crippen MR) is 127 cm³/mol.